The Kier molecular flexibility index (Phi) is 6.23. The van der Waals surface area contributed by atoms with Crippen molar-refractivity contribution in [2.24, 2.45) is 0 Å². The summed E-state index contributed by atoms with van der Waals surface area (Å²) in [6.45, 7) is 1.87. The number of halogens is 1. The largest absolute Gasteiger partial charge is 0.324 e. The molecule has 1 heterocycles. The molecule has 8 nitrogen and oxygen atoms in total. The number of tetrazole rings is 1. The van der Waals surface area contributed by atoms with Crippen LogP contribution in [0.3, 0.4) is 0 Å². The fraction of sp³-hybridized carbons (Fsp3) is 0.0870. The average molecular weight is 447 g/mol. The van der Waals surface area contributed by atoms with Crippen LogP contribution < -0.4 is 10.6 Å². The van der Waals surface area contributed by atoms with E-state index in [0.29, 0.717) is 27.5 Å². The topological polar surface area (TPSA) is 102 Å². The van der Waals surface area contributed by atoms with Gasteiger partial charge in [0, 0.05) is 21.8 Å². The van der Waals surface area contributed by atoms with Crippen LogP contribution in [0.2, 0.25) is 5.02 Å². The van der Waals surface area contributed by atoms with E-state index in [-0.39, 0.29) is 24.2 Å². The minimum absolute atomic E-state index is 0.0993. The lowest BCUT2D eigenvalue weighted by atomic mass is 10.1. The van der Waals surface area contributed by atoms with Gasteiger partial charge in [0.05, 0.1) is 5.69 Å². The van der Waals surface area contributed by atoms with E-state index in [1.54, 1.807) is 48.5 Å². The molecule has 0 unspecified atom stereocenters. The Morgan fingerprint density at radius 1 is 0.969 bits per heavy atom. The molecule has 9 heteroatoms. The van der Waals surface area contributed by atoms with Gasteiger partial charge in [-0.25, -0.2) is 0 Å². The molecule has 0 bridgehead atoms. The first kappa shape index (κ1) is 21.2. The zero-order valence-corrected chi connectivity index (χ0v) is 17.9. The van der Waals surface area contributed by atoms with Crippen LogP contribution in [0, 0.1) is 6.92 Å². The fourth-order valence-corrected chi connectivity index (χ4v) is 3.19. The van der Waals surface area contributed by atoms with Crippen molar-refractivity contribution in [1.82, 2.24) is 20.2 Å². The average Bonchev–Trinajstić information content (AvgIpc) is 3.24. The van der Waals surface area contributed by atoms with Gasteiger partial charge in [0.2, 0.25) is 11.7 Å². The molecule has 0 aliphatic rings. The van der Waals surface area contributed by atoms with Crippen molar-refractivity contribution in [1.29, 1.82) is 0 Å². The molecule has 0 saturated heterocycles. The van der Waals surface area contributed by atoms with Gasteiger partial charge in [-0.15, -0.1) is 10.2 Å². The van der Waals surface area contributed by atoms with Crippen LogP contribution in [0.4, 0.5) is 11.4 Å². The van der Waals surface area contributed by atoms with E-state index < -0.39 is 0 Å². The highest BCUT2D eigenvalue weighted by molar-refractivity contribution is 6.31. The molecule has 32 heavy (non-hydrogen) atoms. The van der Waals surface area contributed by atoms with Gasteiger partial charge in [-0.1, -0.05) is 47.5 Å². The molecular weight excluding hydrogens is 428 g/mol. The predicted molar refractivity (Wildman–Crippen MR) is 122 cm³/mol. The number of amides is 2. The van der Waals surface area contributed by atoms with Crippen LogP contribution >= 0.6 is 11.6 Å². The number of hydrogen-bond acceptors (Lipinski definition) is 5. The van der Waals surface area contributed by atoms with Crippen molar-refractivity contribution in [2.45, 2.75) is 13.5 Å². The third-order valence-electron chi connectivity index (χ3n) is 4.58. The number of carbonyl (C=O) groups is 2. The summed E-state index contributed by atoms with van der Waals surface area (Å²) in [6, 6.07) is 21.2. The number of aryl methyl sites for hydroxylation is 1. The Morgan fingerprint density at radius 3 is 2.53 bits per heavy atom. The predicted octanol–water partition coefficient (Wildman–Crippen LogP) is 4.19. The number of rotatable bonds is 6. The number of aromatic nitrogens is 4. The van der Waals surface area contributed by atoms with Crippen molar-refractivity contribution in [2.75, 3.05) is 10.6 Å². The number of nitrogens with one attached hydrogen (secondary N) is 2. The van der Waals surface area contributed by atoms with E-state index in [4.69, 9.17) is 11.6 Å². The molecule has 0 spiro atoms. The molecule has 0 aliphatic heterocycles. The van der Waals surface area contributed by atoms with Gasteiger partial charge in [-0.3, -0.25) is 9.59 Å². The van der Waals surface area contributed by atoms with Crippen molar-refractivity contribution >= 4 is 34.8 Å². The van der Waals surface area contributed by atoms with Crippen LogP contribution in [0.1, 0.15) is 15.9 Å². The maximum atomic E-state index is 12.6. The van der Waals surface area contributed by atoms with Crippen molar-refractivity contribution in [3.05, 3.63) is 88.9 Å². The zero-order chi connectivity index (χ0) is 22.5. The maximum absolute atomic E-state index is 12.6. The van der Waals surface area contributed by atoms with E-state index in [2.05, 4.69) is 26.0 Å². The summed E-state index contributed by atoms with van der Waals surface area (Å²) in [5.41, 5.74) is 3.31. The van der Waals surface area contributed by atoms with Crippen LogP contribution in [0.15, 0.2) is 72.8 Å². The summed E-state index contributed by atoms with van der Waals surface area (Å²) in [6.07, 6.45) is 0. The summed E-state index contributed by atoms with van der Waals surface area (Å²) in [5, 5.41) is 18.4. The van der Waals surface area contributed by atoms with Gasteiger partial charge >= 0.3 is 0 Å². The number of anilines is 2. The van der Waals surface area contributed by atoms with Gasteiger partial charge in [-0.05, 0) is 54.6 Å². The molecule has 4 aromatic rings. The SMILES string of the molecule is Cc1ccc(NC(=O)Cn2nnc(-c3ccccc3NC(=O)c3cccc(Cl)c3)n2)cc1. The van der Waals surface area contributed by atoms with Crippen molar-refractivity contribution < 1.29 is 9.59 Å². The summed E-state index contributed by atoms with van der Waals surface area (Å²) >= 11 is 5.98. The fourth-order valence-electron chi connectivity index (χ4n) is 3.00. The summed E-state index contributed by atoms with van der Waals surface area (Å²) < 4.78 is 0. The second-order valence-electron chi connectivity index (χ2n) is 7.07. The number of benzene rings is 3. The van der Waals surface area contributed by atoms with Gasteiger partial charge in [0.1, 0.15) is 6.54 Å². The van der Waals surface area contributed by atoms with E-state index in [1.807, 2.05) is 31.2 Å². The van der Waals surface area contributed by atoms with Crippen LogP contribution in [-0.2, 0) is 11.3 Å². The number of hydrogen-bond donors (Lipinski definition) is 2. The van der Waals surface area contributed by atoms with Crippen LogP contribution in [-0.4, -0.2) is 32.0 Å². The molecule has 2 amide bonds. The van der Waals surface area contributed by atoms with Crippen molar-refractivity contribution in [3.8, 4) is 11.4 Å². The Morgan fingerprint density at radius 2 is 1.75 bits per heavy atom. The molecule has 0 atom stereocenters. The molecule has 0 fully saturated rings. The standard InChI is InChI=1S/C23H19ClN6O2/c1-15-9-11-18(12-10-15)25-21(31)14-30-28-22(27-29-30)19-7-2-3-8-20(19)26-23(32)16-5-4-6-17(24)13-16/h2-13H,14H2,1H3,(H,25,31)(H,26,32). The first-order chi connectivity index (χ1) is 15.5. The van der Waals surface area contributed by atoms with E-state index in [0.717, 1.165) is 5.56 Å². The lowest BCUT2D eigenvalue weighted by molar-refractivity contribution is -0.117. The summed E-state index contributed by atoms with van der Waals surface area (Å²) in [4.78, 5) is 26.1. The maximum Gasteiger partial charge on any atom is 0.255 e. The normalized spacial score (nSPS) is 10.6. The quantitative estimate of drug-likeness (QED) is 0.462. The Labute approximate surface area is 189 Å². The molecule has 160 valence electrons. The highest BCUT2D eigenvalue weighted by Gasteiger charge is 2.15. The molecule has 3 aromatic carbocycles. The molecule has 0 saturated carbocycles. The monoisotopic (exact) mass is 446 g/mol. The minimum Gasteiger partial charge on any atom is -0.324 e. The van der Waals surface area contributed by atoms with Gasteiger partial charge in [0.25, 0.3) is 5.91 Å². The lowest BCUT2D eigenvalue weighted by Gasteiger charge is -2.09. The van der Waals surface area contributed by atoms with Crippen LogP contribution in [0.25, 0.3) is 11.4 Å². The van der Waals surface area contributed by atoms with E-state index in [9.17, 15) is 9.59 Å². The van der Waals surface area contributed by atoms with Gasteiger partial charge in [0.15, 0.2) is 0 Å². The number of nitrogens with zero attached hydrogens (tertiary/aromatic N) is 4. The second kappa shape index (κ2) is 9.40. The lowest BCUT2D eigenvalue weighted by Crippen LogP contribution is -2.20. The van der Waals surface area contributed by atoms with Gasteiger partial charge < -0.3 is 10.6 Å². The molecule has 0 aliphatic carbocycles. The van der Waals surface area contributed by atoms with Crippen molar-refractivity contribution in [3.63, 3.8) is 0 Å². The Balaban J connectivity index is 1.47. The third-order valence-corrected chi connectivity index (χ3v) is 4.81. The molecule has 4 rings (SSSR count). The first-order valence-electron chi connectivity index (χ1n) is 9.78. The molecule has 1 aromatic heterocycles. The smallest absolute Gasteiger partial charge is 0.255 e. The molecule has 0 radical (unpaired) electrons. The highest BCUT2D eigenvalue weighted by atomic mass is 35.5. The third kappa shape index (κ3) is 5.16. The van der Waals surface area contributed by atoms with Gasteiger partial charge in [-0.2, -0.15) is 4.80 Å². The van der Waals surface area contributed by atoms with Crippen LogP contribution in [0.5, 0.6) is 0 Å². The molecular formula is C23H19ClN6O2. The minimum atomic E-state index is -0.315. The highest BCUT2D eigenvalue weighted by Crippen LogP contribution is 2.25. The Hall–Kier alpha value is -4.04. The summed E-state index contributed by atoms with van der Waals surface area (Å²) in [7, 11) is 0. The summed E-state index contributed by atoms with van der Waals surface area (Å²) in [5.74, 6) is -0.305. The molecule has 2 N–H and O–H groups in total. The van der Waals surface area contributed by atoms with E-state index >= 15 is 0 Å². The van der Waals surface area contributed by atoms with E-state index in [1.165, 1.54) is 4.80 Å². The zero-order valence-electron chi connectivity index (χ0n) is 17.1. The number of para-hydroxylation sites is 1. The first-order valence-corrected chi connectivity index (χ1v) is 10.2. The Bertz CT molecular complexity index is 1270. The second-order valence-corrected chi connectivity index (χ2v) is 7.50. The number of carbonyl (C=O) groups excluding carboxylic acids is 2.